The lowest BCUT2D eigenvalue weighted by Crippen LogP contribution is -2.10. The minimum atomic E-state index is -4.68. The molecule has 19 heavy (non-hydrogen) atoms. The molecule has 0 heterocycles. The summed E-state index contributed by atoms with van der Waals surface area (Å²) in [4.78, 5) is 21.1. The number of hydrogen-bond donors (Lipinski definition) is 2. The van der Waals surface area contributed by atoms with E-state index in [1.807, 2.05) is 0 Å². The maximum atomic E-state index is 12.8. The molecule has 0 saturated heterocycles. The first-order valence-electron chi connectivity index (χ1n) is 5.11. The van der Waals surface area contributed by atoms with E-state index in [0.29, 0.717) is 6.07 Å². The highest BCUT2D eigenvalue weighted by molar-refractivity contribution is 5.88. The van der Waals surface area contributed by atoms with Crippen LogP contribution in [-0.4, -0.2) is 17.0 Å². The van der Waals surface area contributed by atoms with Crippen molar-refractivity contribution in [2.75, 3.05) is 0 Å². The molecule has 0 aliphatic rings. The molecule has 4 nitrogen and oxygen atoms in total. The SMILES string of the molecule is NC(=O)CC=Cc1ccc(C(=O)O)cc1C(F)(F)F. The first-order chi connectivity index (χ1) is 8.71. The number of halogens is 3. The van der Waals surface area contributed by atoms with Crippen molar-refractivity contribution < 1.29 is 27.9 Å². The molecule has 7 heteroatoms. The Bertz CT molecular complexity index is 536. The summed E-state index contributed by atoms with van der Waals surface area (Å²) in [5, 5.41) is 8.67. The van der Waals surface area contributed by atoms with E-state index >= 15 is 0 Å². The van der Waals surface area contributed by atoms with Gasteiger partial charge >= 0.3 is 12.1 Å². The molecule has 0 bridgehead atoms. The van der Waals surface area contributed by atoms with E-state index in [-0.39, 0.29) is 12.0 Å². The van der Waals surface area contributed by atoms with Gasteiger partial charge in [0.15, 0.2) is 0 Å². The summed E-state index contributed by atoms with van der Waals surface area (Å²) >= 11 is 0. The van der Waals surface area contributed by atoms with Crippen molar-refractivity contribution in [1.82, 2.24) is 0 Å². The van der Waals surface area contributed by atoms with Crippen LogP contribution in [0.2, 0.25) is 0 Å². The number of carbonyl (C=O) groups is 2. The Labute approximate surface area is 106 Å². The van der Waals surface area contributed by atoms with Crippen LogP contribution in [0.4, 0.5) is 13.2 Å². The maximum absolute atomic E-state index is 12.8. The van der Waals surface area contributed by atoms with E-state index in [2.05, 4.69) is 0 Å². The molecule has 0 unspecified atom stereocenters. The fourth-order valence-electron chi connectivity index (χ4n) is 1.38. The second-order valence-corrected chi connectivity index (χ2v) is 3.68. The number of hydrogen-bond acceptors (Lipinski definition) is 2. The van der Waals surface area contributed by atoms with Crippen LogP contribution in [-0.2, 0) is 11.0 Å². The van der Waals surface area contributed by atoms with E-state index in [4.69, 9.17) is 10.8 Å². The van der Waals surface area contributed by atoms with Crippen molar-refractivity contribution in [3.8, 4) is 0 Å². The first kappa shape index (κ1) is 14.7. The third-order valence-corrected chi connectivity index (χ3v) is 2.22. The van der Waals surface area contributed by atoms with E-state index in [9.17, 15) is 22.8 Å². The lowest BCUT2D eigenvalue weighted by molar-refractivity contribution is -0.137. The second-order valence-electron chi connectivity index (χ2n) is 3.68. The van der Waals surface area contributed by atoms with Crippen LogP contribution in [0, 0.1) is 0 Å². The van der Waals surface area contributed by atoms with Gasteiger partial charge in [-0.2, -0.15) is 13.2 Å². The Morgan fingerprint density at radius 2 is 1.95 bits per heavy atom. The molecule has 3 N–H and O–H groups in total. The number of rotatable bonds is 4. The maximum Gasteiger partial charge on any atom is 0.417 e. The summed E-state index contributed by atoms with van der Waals surface area (Å²) in [5.41, 5.74) is 3.10. The highest BCUT2D eigenvalue weighted by Crippen LogP contribution is 2.33. The Morgan fingerprint density at radius 3 is 2.42 bits per heavy atom. The molecular weight excluding hydrogens is 263 g/mol. The van der Waals surface area contributed by atoms with Gasteiger partial charge < -0.3 is 10.8 Å². The first-order valence-corrected chi connectivity index (χ1v) is 5.11. The minimum Gasteiger partial charge on any atom is -0.478 e. The highest BCUT2D eigenvalue weighted by atomic mass is 19.4. The molecule has 0 fully saturated rings. The van der Waals surface area contributed by atoms with E-state index in [1.54, 1.807) is 0 Å². The Hall–Kier alpha value is -2.31. The number of alkyl halides is 3. The lowest BCUT2D eigenvalue weighted by atomic mass is 10.0. The van der Waals surface area contributed by atoms with Gasteiger partial charge in [0.1, 0.15) is 0 Å². The van der Waals surface area contributed by atoms with Gasteiger partial charge in [-0.3, -0.25) is 4.79 Å². The monoisotopic (exact) mass is 273 g/mol. The summed E-state index contributed by atoms with van der Waals surface area (Å²) in [5.74, 6) is -2.12. The summed E-state index contributed by atoms with van der Waals surface area (Å²) in [6.45, 7) is 0. The number of amides is 1. The highest BCUT2D eigenvalue weighted by Gasteiger charge is 2.33. The molecule has 0 radical (unpaired) electrons. The van der Waals surface area contributed by atoms with Gasteiger partial charge in [0.05, 0.1) is 11.1 Å². The lowest BCUT2D eigenvalue weighted by Gasteiger charge is -2.11. The van der Waals surface area contributed by atoms with Crippen LogP contribution in [0.1, 0.15) is 27.9 Å². The van der Waals surface area contributed by atoms with Gasteiger partial charge in [-0.15, -0.1) is 0 Å². The predicted octanol–water partition coefficient (Wildman–Crippen LogP) is 2.29. The zero-order valence-electron chi connectivity index (χ0n) is 9.57. The van der Waals surface area contributed by atoms with Crippen molar-refractivity contribution >= 4 is 18.0 Å². The van der Waals surface area contributed by atoms with Crippen LogP contribution in [0.25, 0.3) is 6.08 Å². The van der Waals surface area contributed by atoms with Gasteiger partial charge in [0.25, 0.3) is 0 Å². The average molecular weight is 273 g/mol. The topological polar surface area (TPSA) is 80.4 Å². The summed E-state index contributed by atoms with van der Waals surface area (Å²) < 4.78 is 38.3. The van der Waals surface area contributed by atoms with Crippen LogP contribution in [0.5, 0.6) is 0 Å². The standard InChI is InChI=1S/C12H10F3NO3/c13-12(14,15)9-6-8(11(18)19)5-4-7(9)2-1-3-10(16)17/h1-2,4-6H,3H2,(H2,16,17)(H,18,19). The quantitative estimate of drug-likeness (QED) is 0.883. The fraction of sp³-hybridized carbons (Fsp3) is 0.167. The van der Waals surface area contributed by atoms with Crippen LogP contribution in [0.3, 0.4) is 0 Å². The number of carboxylic acids is 1. The van der Waals surface area contributed by atoms with Gasteiger partial charge in [0, 0.05) is 6.42 Å². The summed E-state index contributed by atoms with van der Waals surface area (Å²) in [6, 6.07) is 2.64. The third kappa shape index (κ3) is 4.13. The molecule has 0 aliphatic heterocycles. The molecular formula is C12H10F3NO3. The van der Waals surface area contributed by atoms with Gasteiger partial charge in [-0.05, 0) is 17.7 Å². The predicted molar refractivity (Wildman–Crippen MR) is 61.2 cm³/mol. The molecule has 1 amide bonds. The largest absolute Gasteiger partial charge is 0.478 e. The third-order valence-electron chi connectivity index (χ3n) is 2.22. The zero-order chi connectivity index (χ0) is 14.6. The Morgan fingerprint density at radius 1 is 1.32 bits per heavy atom. The normalized spacial score (nSPS) is 11.7. The van der Waals surface area contributed by atoms with Crippen LogP contribution >= 0.6 is 0 Å². The number of aromatic carboxylic acids is 1. The van der Waals surface area contributed by atoms with Crippen LogP contribution < -0.4 is 5.73 Å². The molecule has 0 saturated carbocycles. The van der Waals surface area contributed by atoms with Crippen molar-refractivity contribution in [3.63, 3.8) is 0 Å². The molecule has 0 aliphatic carbocycles. The Balaban J connectivity index is 3.20. The van der Waals surface area contributed by atoms with E-state index < -0.39 is 29.2 Å². The van der Waals surface area contributed by atoms with Crippen molar-refractivity contribution in [2.45, 2.75) is 12.6 Å². The number of benzene rings is 1. The average Bonchev–Trinajstić information content (AvgIpc) is 2.27. The molecule has 0 atom stereocenters. The Kier molecular flexibility index (Phi) is 4.31. The van der Waals surface area contributed by atoms with E-state index in [0.717, 1.165) is 18.2 Å². The number of carboxylic acid groups (broad SMARTS) is 1. The minimum absolute atomic E-state index is 0.196. The van der Waals surface area contributed by atoms with Crippen LogP contribution in [0.15, 0.2) is 24.3 Å². The molecule has 0 aromatic heterocycles. The van der Waals surface area contributed by atoms with Gasteiger partial charge in [-0.25, -0.2) is 4.79 Å². The summed E-state index contributed by atoms with van der Waals surface area (Å²) in [7, 11) is 0. The number of carbonyl (C=O) groups excluding carboxylic acids is 1. The zero-order valence-corrected chi connectivity index (χ0v) is 9.57. The second kappa shape index (κ2) is 5.55. The van der Waals surface area contributed by atoms with Crippen molar-refractivity contribution in [3.05, 3.63) is 41.0 Å². The van der Waals surface area contributed by atoms with Gasteiger partial charge in [-0.1, -0.05) is 18.2 Å². The number of primary amides is 1. The molecule has 1 rings (SSSR count). The van der Waals surface area contributed by atoms with Gasteiger partial charge in [0.2, 0.25) is 5.91 Å². The smallest absolute Gasteiger partial charge is 0.417 e. The number of nitrogens with two attached hydrogens (primary N) is 1. The van der Waals surface area contributed by atoms with E-state index in [1.165, 1.54) is 6.08 Å². The van der Waals surface area contributed by atoms with Crippen molar-refractivity contribution in [2.24, 2.45) is 5.73 Å². The fourth-order valence-corrected chi connectivity index (χ4v) is 1.38. The summed E-state index contributed by atoms with van der Waals surface area (Å²) in [6.07, 6.45) is -2.61. The molecule has 1 aromatic rings. The molecule has 102 valence electrons. The van der Waals surface area contributed by atoms with Crippen molar-refractivity contribution in [1.29, 1.82) is 0 Å². The molecule has 1 aromatic carbocycles. The molecule has 0 spiro atoms.